The van der Waals surface area contributed by atoms with Crippen molar-refractivity contribution in [2.45, 2.75) is 31.7 Å². The van der Waals surface area contributed by atoms with E-state index in [1.54, 1.807) is 24.4 Å². The van der Waals surface area contributed by atoms with Crippen LogP contribution in [0.2, 0.25) is 0 Å². The summed E-state index contributed by atoms with van der Waals surface area (Å²) in [6.07, 6.45) is 3.79. The molecule has 0 fully saturated rings. The molecule has 0 saturated carbocycles. The molecule has 0 bridgehead atoms. The molecule has 0 saturated heterocycles. The van der Waals surface area contributed by atoms with Crippen LogP contribution >= 0.6 is 0 Å². The Morgan fingerprint density at radius 1 is 1.14 bits per heavy atom. The van der Waals surface area contributed by atoms with Crippen LogP contribution in [-0.2, 0) is 22.4 Å². The Labute approximate surface area is 167 Å². The first kappa shape index (κ1) is 18.7. The molecule has 2 amide bonds. The average Bonchev–Trinajstić information content (AvgIpc) is 3.01. The SMILES string of the molecule is O=C1CCCc2cc(C(=O)NC(Cc3c[nH]c4ccccc34)C(=O)O)ccc2N1. The summed E-state index contributed by atoms with van der Waals surface area (Å²) in [7, 11) is 0. The monoisotopic (exact) mass is 391 g/mol. The van der Waals surface area contributed by atoms with Gasteiger partial charge >= 0.3 is 5.97 Å². The normalized spacial score (nSPS) is 14.6. The predicted molar refractivity (Wildman–Crippen MR) is 109 cm³/mol. The molecule has 7 heteroatoms. The number of anilines is 1. The Morgan fingerprint density at radius 3 is 2.79 bits per heavy atom. The fraction of sp³-hybridized carbons (Fsp3) is 0.227. The van der Waals surface area contributed by atoms with Gasteiger partial charge in [0.15, 0.2) is 0 Å². The van der Waals surface area contributed by atoms with Gasteiger partial charge in [-0.3, -0.25) is 9.59 Å². The van der Waals surface area contributed by atoms with Crippen molar-refractivity contribution >= 4 is 34.4 Å². The number of fused-ring (bicyclic) bond motifs is 2. The molecule has 4 N–H and O–H groups in total. The molecule has 3 aromatic rings. The van der Waals surface area contributed by atoms with Crippen LogP contribution in [0.15, 0.2) is 48.7 Å². The highest BCUT2D eigenvalue weighted by atomic mass is 16.4. The molecule has 2 aromatic carbocycles. The number of nitrogens with one attached hydrogen (secondary N) is 3. The molecule has 2 heterocycles. The van der Waals surface area contributed by atoms with Gasteiger partial charge < -0.3 is 20.7 Å². The predicted octanol–water partition coefficient (Wildman–Crippen LogP) is 2.87. The van der Waals surface area contributed by atoms with Crippen LogP contribution in [0.5, 0.6) is 0 Å². The number of hydrogen-bond donors (Lipinski definition) is 4. The van der Waals surface area contributed by atoms with Gasteiger partial charge in [0.05, 0.1) is 0 Å². The molecule has 1 atom stereocenters. The second-order valence-corrected chi connectivity index (χ2v) is 7.20. The van der Waals surface area contributed by atoms with Crippen molar-refractivity contribution in [2.75, 3.05) is 5.32 Å². The number of hydrogen-bond acceptors (Lipinski definition) is 3. The molecule has 148 valence electrons. The Kier molecular flexibility index (Phi) is 5.03. The van der Waals surface area contributed by atoms with E-state index in [2.05, 4.69) is 15.6 Å². The third-order valence-corrected chi connectivity index (χ3v) is 5.19. The van der Waals surface area contributed by atoms with Gasteiger partial charge in [-0.15, -0.1) is 0 Å². The lowest BCUT2D eigenvalue weighted by atomic mass is 10.0. The molecule has 29 heavy (non-hydrogen) atoms. The molecule has 7 nitrogen and oxygen atoms in total. The van der Waals surface area contributed by atoms with Crippen molar-refractivity contribution in [3.8, 4) is 0 Å². The van der Waals surface area contributed by atoms with Crippen molar-refractivity contribution in [1.29, 1.82) is 0 Å². The summed E-state index contributed by atoms with van der Waals surface area (Å²) in [5.41, 5.74) is 3.72. The van der Waals surface area contributed by atoms with Crippen LogP contribution < -0.4 is 10.6 Å². The van der Waals surface area contributed by atoms with E-state index >= 15 is 0 Å². The van der Waals surface area contributed by atoms with Gasteiger partial charge in [-0.2, -0.15) is 0 Å². The third-order valence-electron chi connectivity index (χ3n) is 5.19. The highest BCUT2D eigenvalue weighted by Crippen LogP contribution is 2.24. The maximum Gasteiger partial charge on any atom is 0.326 e. The van der Waals surface area contributed by atoms with E-state index in [4.69, 9.17) is 0 Å². The van der Waals surface area contributed by atoms with Crippen molar-refractivity contribution in [2.24, 2.45) is 0 Å². The number of carboxylic acids is 1. The maximum absolute atomic E-state index is 12.7. The number of aryl methyl sites for hydroxylation is 1. The van der Waals surface area contributed by atoms with E-state index in [1.807, 2.05) is 24.3 Å². The molecule has 1 unspecified atom stereocenters. The number of para-hydroxylation sites is 1. The Morgan fingerprint density at radius 2 is 1.97 bits per heavy atom. The summed E-state index contributed by atoms with van der Waals surface area (Å²) in [6.45, 7) is 0. The van der Waals surface area contributed by atoms with Crippen LogP contribution in [0.25, 0.3) is 10.9 Å². The third kappa shape index (κ3) is 3.99. The maximum atomic E-state index is 12.7. The largest absolute Gasteiger partial charge is 0.480 e. The van der Waals surface area contributed by atoms with Gasteiger partial charge in [-0.05, 0) is 48.2 Å². The van der Waals surface area contributed by atoms with E-state index < -0.39 is 17.9 Å². The molecule has 0 aliphatic carbocycles. The minimum Gasteiger partial charge on any atom is -0.480 e. The number of carboxylic acid groups (broad SMARTS) is 1. The van der Waals surface area contributed by atoms with Crippen LogP contribution in [0.1, 0.15) is 34.3 Å². The van der Waals surface area contributed by atoms with E-state index in [9.17, 15) is 19.5 Å². The summed E-state index contributed by atoms with van der Waals surface area (Å²) < 4.78 is 0. The minimum atomic E-state index is -1.09. The molecule has 0 spiro atoms. The Bertz CT molecular complexity index is 1100. The fourth-order valence-corrected chi connectivity index (χ4v) is 3.68. The van der Waals surface area contributed by atoms with Crippen LogP contribution in [-0.4, -0.2) is 33.9 Å². The van der Waals surface area contributed by atoms with Crippen LogP contribution in [0, 0.1) is 0 Å². The van der Waals surface area contributed by atoms with Gasteiger partial charge in [-0.25, -0.2) is 4.79 Å². The number of rotatable bonds is 5. The summed E-state index contributed by atoms with van der Waals surface area (Å²) in [4.78, 5) is 39.3. The minimum absolute atomic E-state index is 0.0365. The number of benzene rings is 2. The first-order chi connectivity index (χ1) is 14.0. The van der Waals surface area contributed by atoms with Crippen molar-refractivity contribution < 1.29 is 19.5 Å². The zero-order valence-corrected chi connectivity index (χ0v) is 15.7. The Hall–Kier alpha value is -3.61. The highest BCUT2D eigenvalue weighted by Gasteiger charge is 2.23. The van der Waals surface area contributed by atoms with E-state index in [0.717, 1.165) is 22.0 Å². The number of H-pyrrole nitrogens is 1. The van der Waals surface area contributed by atoms with Gasteiger partial charge in [0.2, 0.25) is 5.91 Å². The van der Waals surface area contributed by atoms with Gasteiger partial charge in [0, 0.05) is 41.2 Å². The van der Waals surface area contributed by atoms with Crippen LogP contribution in [0.3, 0.4) is 0 Å². The molecular formula is C22H21N3O4. The number of aromatic amines is 1. The first-order valence-electron chi connectivity index (χ1n) is 9.52. The summed E-state index contributed by atoms with van der Waals surface area (Å²) in [5.74, 6) is -1.58. The van der Waals surface area contributed by atoms with Gasteiger partial charge in [0.1, 0.15) is 6.04 Å². The van der Waals surface area contributed by atoms with Crippen molar-refractivity contribution in [1.82, 2.24) is 10.3 Å². The van der Waals surface area contributed by atoms with E-state index in [0.29, 0.717) is 30.5 Å². The zero-order chi connectivity index (χ0) is 20.4. The molecule has 0 radical (unpaired) electrons. The zero-order valence-electron chi connectivity index (χ0n) is 15.7. The lowest BCUT2D eigenvalue weighted by Gasteiger charge is -2.15. The standard InChI is InChI=1S/C22H21N3O4/c26-20-7-3-4-13-10-14(8-9-17(13)24-20)21(27)25-19(22(28)29)11-15-12-23-18-6-2-1-5-16(15)18/h1-2,5-6,8-10,12,19,23H,3-4,7,11H2,(H,24,26)(H,25,27)(H,28,29). The van der Waals surface area contributed by atoms with Crippen molar-refractivity contribution in [3.05, 3.63) is 65.4 Å². The molecular weight excluding hydrogens is 370 g/mol. The smallest absolute Gasteiger partial charge is 0.326 e. The van der Waals surface area contributed by atoms with E-state index in [1.165, 1.54) is 0 Å². The number of aromatic nitrogens is 1. The lowest BCUT2D eigenvalue weighted by molar-refractivity contribution is -0.139. The summed E-state index contributed by atoms with van der Waals surface area (Å²) >= 11 is 0. The Balaban J connectivity index is 1.53. The van der Waals surface area contributed by atoms with Crippen molar-refractivity contribution in [3.63, 3.8) is 0 Å². The first-order valence-corrected chi connectivity index (χ1v) is 9.52. The van der Waals surface area contributed by atoms with E-state index in [-0.39, 0.29) is 12.3 Å². The fourth-order valence-electron chi connectivity index (χ4n) is 3.68. The second kappa shape index (κ2) is 7.79. The molecule has 1 aliphatic rings. The molecule has 1 aromatic heterocycles. The summed E-state index contributed by atoms with van der Waals surface area (Å²) in [5, 5.41) is 16.0. The quantitative estimate of drug-likeness (QED) is 0.536. The average molecular weight is 391 g/mol. The second-order valence-electron chi connectivity index (χ2n) is 7.20. The highest BCUT2D eigenvalue weighted by molar-refractivity contribution is 5.98. The number of carbonyl (C=O) groups excluding carboxylic acids is 2. The molecule has 1 aliphatic heterocycles. The summed E-state index contributed by atoms with van der Waals surface area (Å²) in [6, 6.07) is 11.6. The number of carbonyl (C=O) groups is 3. The van der Waals surface area contributed by atoms with Crippen LogP contribution in [0.4, 0.5) is 5.69 Å². The lowest BCUT2D eigenvalue weighted by Crippen LogP contribution is -2.42. The topological polar surface area (TPSA) is 111 Å². The van der Waals surface area contributed by atoms with Gasteiger partial charge in [-0.1, -0.05) is 18.2 Å². The number of aliphatic carboxylic acids is 1. The number of amides is 2. The molecule has 4 rings (SSSR count). The van der Waals surface area contributed by atoms with Gasteiger partial charge in [0.25, 0.3) is 5.91 Å².